The fourth-order valence-corrected chi connectivity index (χ4v) is 1.38. The second-order valence-corrected chi connectivity index (χ2v) is 3.10. The number of ether oxygens (including phenoxy) is 1. The molecule has 76 valence electrons. The molecule has 0 spiro atoms. The lowest BCUT2D eigenvalue weighted by Crippen LogP contribution is -2.24. The predicted octanol–water partition coefficient (Wildman–Crippen LogP) is 0.851. The molecule has 4 heteroatoms. The average Bonchev–Trinajstić information content (AvgIpc) is 2.27. The summed E-state index contributed by atoms with van der Waals surface area (Å²) in [6, 6.07) is 1.80. The third kappa shape index (κ3) is 1.65. The molecule has 1 atom stereocenters. The first-order valence-electron chi connectivity index (χ1n) is 4.41. The summed E-state index contributed by atoms with van der Waals surface area (Å²) in [7, 11) is 1.57. The summed E-state index contributed by atoms with van der Waals surface area (Å²) in [4.78, 5) is 4.10. The van der Waals surface area contributed by atoms with E-state index in [1.54, 1.807) is 25.4 Å². The molecule has 2 heterocycles. The smallest absolute Gasteiger partial charge is 0.159 e. The number of methoxy groups -OCH3 is 1. The molecule has 0 fully saturated rings. The highest BCUT2D eigenvalue weighted by molar-refractivity contribution is 5.73. The maximum Gasteiger partial charge on any atom is 0.159 e. The molecule has 0 aromatic carbocycles. The second kappa shape index (κ2) is 3.64. The highest BCUT2D eigenvalue weighted by Crippen LogP contribution is 2.26. The molecule has 2 rings (SSSR count). The van der Waals surface area contributed by atoms with E-state index in [9.17, 15) is 5.11 Å². The van der Waals surface area contributed by atoms with Gasteiger partial charge in [0.2, 0.25) is 0 Å². The van der Waals surface area contributed by atoms with Gasteiger partial charge in [0, 0.05) is 5.56 Å². The normalized spacial score (nSPS) is 18.2. The zero-order valence-electron chi connectivity index (χ0n) is 8.19. The number of pyridine rings is 1. The molecule has 0 amide bonds. The first kappa shape index (κ1) is 9.56. The van der Waals surface area contributed by atoms with Gasteiger partial charge in [0.15, 0.2) is 6.23 Å². The minimum Gasteiger partial charge on any atom is -0.495 e. The van der Waals surface area contributed by atoms with E-state index in [4.69, 9.17) is 11.2 Å². The molecule has 15 heavy (non-hydrogen) atoms. The van der Waals surface area contributed by atoms with Crippen LogP contribution in [0.25, 0.3) is 6.08 Å². The zero-order chi connectivity index (χ0) is 10.8. The Hall–Kier alpha value is -1.99. The third-order valence-electron chi connectivity index (χ3n) is 2.17. The van der Waals surface area contributed by atoms with Gasteiger partial charge in [0.1, 0.15) is 11.6 Å². The van der Waals surface area contributed by atoms with Crippen LogP contribution >= 0.6 is 0 Å². The minimum absolute atomic E-state index is 0.484. The SMILES string of the molecule is C#CC1=Cc2cc(OC)cnc2NC1O. The standard InChI is InChI=1S/C11H10N2O2/c1-3-7-4-8-5-9(15-2)6-12-10(8)13-11(7)14/h1,4-6,11,14H,2H3,(H,12,13). The highest BCUT2D eigenvalue weighted by Gasteiger charge is 2.17. The van der Waals surface area contributed by atoms with Gasteiger partial charge in [-0.2, -0.15) is 0 Å². The lowest BCUT2D eigenvalue weighted by Gasteiger charge is -2.20. The topological polar surface area (TPSA) is 54.4 Å². The number of terminal acetylenes is 1. The van der Waals surface area contributed by atoms with Gasteiger partial charge in [-0.15, -0.1) is 6.42 Å². The van der Waals surface area contributed by atoms with Gasteiger partial charge in [-0.25, -0.2) is 4.98 Å². The van der Waals surface area contributed by atoms with Gasteiger partial charge in [0.05, 0.1) is 18.9 Å². The zero-order valence-corrected chi connectivity index (χ0v) is 8.19. The van der Waals surface area contributed by atoms with Crippen molar-refractivity contribution >= 4 is 11.9 Å². The van der Waals surface area contributed by atoms with Crippen LogP contribution in [0.5, 0.6) is 5.75 Å². The molecule has 0 saturated heterocycles. The van der Waals surface area contributed by atoms with E-state index in [2.05, 4.69) is 16.2 Å². The van der Waals surface area contributed by atoms with Crippen LogP contribution in [0.1, 0.15) is 5.56 Å². The summed E-state index contributed by atoms with van der Waals surface area (Å²) >= 11 is 0. The van der Waals surface area contributed by atoms with Crippen LogP contribution in [0.15, 0.2) is 17.8 Å². The van der Waals surface area contributed by atoms with Crippen molar-refractivity contribution in [2.24, 2.45) is 0 Å². The lowest BCUT2D eigenvalue weighted by atomic mass is 10.1. The quantitative estimate of drug-likeness (QED) is 0.663. The van der Waals surface area contributed by atoms with Gasteiger partial charge in [0.25, 0.3) is 0 Å². The Labute approximate surface area is 87.6 Å². The summed E-state index contributed by atoms with van der Waals surface area (Å²) in [6.07, 6.45) is 7.68. The first-order valence-corrected chi connectivity index (χ1v) is 4.41. The Morgan fingerprint density at radius 1 is 1.67 bits per heavy atom. The molecule has 0 saturated carbocycles. The van der Waals surface area contributed by atoms with Crippen molar-refractivity contribution in [3.05, 3.63) is 23.4 Å². The maximum absolute atomic E-state index is 9.55. The molecule has 0 radical (unpaired) electrons. The van der Waals surface area contributed by atoms with Gasteiger partial charge in [-0.05, 0) is 12.1 Å². The van der Waals surface area contributed by atoms with Gasteiger partial charge >= 0.3 is 0 Å². The first-order chi connectivity index (χ1) is 7.24. The Morgan fingerprint density at radius 2 is 2.47 bits per heavy atom. The number of aromatic nitrogens is 1. The maximum atomic E-state index is 9.55. The van der Waals surface area contributed by atoms with E-state index in [0.717, 1.165) is 5.56 Å². The number of hydrogen-bond donors (Lipinski definition) is 2. The van der Waals surface area contributed by atoms with Crippen molar-refractivity contribution < 1.29 is 9.84 Å². The molecular weight excluding hydrogens is 192 g/mol. The summed E-state index contributed by atoms with van der Waals surface area (Å²) in [6.45, 7) is 0. The number of hydrogen-bond acceptors (Lipinski definition) is 4. The number of aliphatic hydroxyl groups is 1. The molecule has 2 N–H and O–H groups in total. The van der Waals surface area contributed by atoms with Crippen molar-refractivity contribution in [1.82, 2.24) is 4.98 Å². The number of nitrogens with zero attached hydrogens (tertiary/aromatic N) is 1. The second-order valence-electron chi connectivity index (χ2n) is 3.10. The van der Waals surface area contributed by atoms with Crippen LogP contribution < -0.4 is 10.1 Å². The number of fused-ring (bicyclic) bond motifs is 1. The van der Waals surface area contributed by atoms with Crippen LogP contribution in [-0.4, -0.2) is 23.4 Å². The number of nitrogens with one attached hydrogen (secondary N) is 1. The molecule has 1 aliphatic heterocycles. The van der Waals surface area contributed by atoms with Crippen molar-refractivity contribution in [2.75, 3.05) is 12.4 Å². The molecule has 1 aromatic rings. The van der Waals surface area contributed by atoms with Crippen LogP contribution in [-0.2, 0) is 0 Å². The van der Waals surface area contributed by atoms with Crippen LogP contribution in [0, 0.1) is 12.3 Å². The number of aliphatic hydroxyl groups excluding tert-OH is 1. The minimum atomic E-state index is -0.858. The fourth-order valence-electron chi connectivity index (χ4n) is 1.38. The average molecular weight is 202 g/mol. The Kier molecular flexibility index (Phi) is 2.32. The highest BCUT2D eigenvalue weighted by atomic mass is 16.5. The summed E-state index contributed by atoms with van der Waals surface area (Å²) in [5.41, 5.74) is 1.30. The third-order valence-corrected chi connectivity index (χ3v) is 2.17. The van der Waals surface area contributed by atoms with E-state index in [0.29, 0.717) is 17.1 Å². The van der Waals surface area contributed by atoms with Crippen molar-refractivity contribution in [3.63, 3.8) is 0 Å². The number of rotatable bonds is 1. The summed E-state index contributed by atoms with van der Waals surface area (Å²) in [5.74, 6) is 3.66. The van der Waals surface area contributed by atoms with E-state index in [1.807, 2.05) is 0 Å². The molecule has 4 nitrogen and oxygen atoms in total. The molecular formula is C11H10N2O2. The van der Waals surface area contributed by atoms with Crippen molar-refractivity contribution in [2.45, 2.75) is 6.23 Å². The Morgan fingerprint density at radius 3 is 3.13 bits per heavy atom. The van der Waals surface area contributed by atoms with E-state index in [1.165, 1.54) is 0 Å². The van der Waals surface area contributed by atoms with E-state index < -0.39 is 6.23 Å². The lowest BCUT2D eigenvalue weighted by molar-refractivity contribution is 0.244. The molecule has 0 aliphatic carbocycles. The molecule has 1 aromatic heterocycles. The van der Waals surface area contributed by atoms with Gasteiger partial charge in [-0.3, -0.25) is 0 Å². The summed E-state index contributed by atoms with van der Waals surface area (Å²) < 4.78 is 5.04. The van der Waals surface area contributed by atoms with Gasteiger partial charge < -0.3 is 15.2 Å². The predicted molar refractivity (Wildman–Crippen MR) is 57.2 cm³/mol. The van der Waals surface area contributed by atoms with Crippen LogP contribution in [0.2, 0.25) is 0 Å². The molecule has 0 bridgehead atoms. The summed E-state index contributed by atoms with van der Waals surface area (Å²) in [5, 5.41) is 12.3. The van der Waals surface area contributed by atoms with E-state index >= 15 is 0 Å². The van der Waals surface area contributed by atoms with Crippen molar-refractivity contribution in [3.8, 4) is 18.1 Å². The Bertz CT molecular complexity index is 460. The monoisotopic (exact) mass is 202 g/mol. The van der Waals surface area contributed by atoms with Gasteiger partial charge in [-0.1, -0.05) is 5.92 Å². The molecule has 1 unspecified atom stereocenters. The van der Waals surface area contributed by atoms with Crippen molar-refractivity contribution in [1.29, 1.82) is 0 Å². The Balaban J connectivity index is 2.48. The van der Waals surface area contributed by atoms with Crippen LogP contribution in [0.3, 0.4) is 0 Å². The largest absolute Gasteiger partial charge is 0.495 e. The molecule has 1 aliphatic rings. The van der Waals surface area contributed by atoms with Crippen LogP contribution in [0.4, 0.5) is 5.82 Å². The number of anilines is 1. The fraction of sp³-hybridized carbons (Fsp3) is 0.182. The van der Waals surface area contributed by atoms with E-state index in [-0.39, 0.29) is 0 Å².